The fourth-order valence-corrected chi connectivity index (χ4v) is 1.52. The molecule has 0 saturated carbocycles. The van der Waals surface area contributed by atoms with E-state index in [4.69, 9.17) is 0 Å². The molecule has 0 unspecified atom stereocenters. The Morgan fingerprint density at radius 2 is 2.11 bits per heavy atom. The monoisotopic (exact) mass is 244 g/mol. The highest BCUT2D eigenvalue weighted by Crippen LogP contribution is 2.14. The van der Waals surface area contributed by atoms with Crippen LogP contribution >= 0.6 is 0 Å². The van der Waals surface area contributed by atoms with Gasteiger partial charge >= 0.3 is 0 Å². The molecule has 0 aliphatic rings. The third-order valence-electron chi connectivity index (χ3n) is 2.41. The Labute approximate surface area is 104 Å². The molecule has 1 aromatic carbocycles. The van der Waals surface area contributed by atoms with Gasteiger partial charge in [0.25, 0.3) is 5.91 Å². The topological polar surface area (TPSA) is 82.5 Å². The molecule has 0 aliphatic carbocycles. The number of phenols is 1. The Morgan fingerprint density at radius 1 is 1.28 bits per heavy atom. The van der Waals surface area contributed by atoms with Gasteiger partial charge in [-0.3, -0.25) is 9.78 Å². The van der Waals surface area contributed by atoms with Gasteiger partial charge in [-0.2, -0.15) is 0 Å². The van der Waals surface area contributed by atoms with E-state index in [0.29, 0.717) is 0 Å². The number of aromatic nitrogens is 1. The number of pyridine rings is 1. The van der Waals surface area contributed by atoms with Gasteiger partial charge in [0.2, 0.25) is 0 Å². The summed E-state index contributed by atoms with van der Waals surface area (Å²) in [4.78, 5) is 15.5. The molecular formula is C13H12N2O3. The average Bonchev–Trinajstić information content (AvgIpc) is 2.37. The number of amides is 1. The van der Waals surface area contributed by atoms with Gasteiger partial charge in [0.15, 0.2) is 0 Å². The van der Waals surface area contributed by atoms with Crippen molar-refractivity contribution in [3.05, 3.63) is 53.9 Å². The summed E-state index contributed by atoms with van der Waals surface area (Å²) in [5.41, 5.74) is 0.946. The minimum Gasteiger partial charge on any atom is -0.508 e. The molecular weight excluding hydrogens is 232 g/mol. The van der Waals surface area contributed by atoms with Crippen LogP contribution in [-0.4, -0.2) is 21.1 Å². The fourth-order valence-electron chi connectivity index (χ4n) is 1.52. The summed E-state index contributed by atoms with van der Waals surface area (Å²) in [5, 5.41) is 21.4. The molecule has 0 saturated heterocycles. The molecule has 5 nitrogen and oxygen atoms in total. The van der Waals surface area contributed by atoms with Crippen LogP contribution in [0.15, 0.2) is 42.7 Å². The number of rotatable bonds is 3. The van der Waals surface area contributed by atoms with Crippen molar-refractivity contribution in [2.75, 3.05) is 0 Å². The third kappa shape index (κ3) is 2.76. The van der Waals surface area contributed by atoms with E-state index in [2.05, 4.69) is 10.3 Å². The van der Waals surface area contributed by atoms with Crippen LogP contribution in [-0.2, 0) is 6.54 Å². The number of hydrogen-bond acceptors (Lipinski definition) is 4. The van der Waals surface area contributed by atoms with Crippen molar-refractivity contribution in [3.63, 3.8) is 0 Å². The molecule has 5 heteroatoms. The van der Waals surface area contributed by atoms with Crippen LogP contribution in [0.25, 0.3) is 0 Å². The van der Waals surface area contributed by atoms with Crippen molar-refractivity contribution in [2.45, 2.75) is 6.54 Å². The summed E-state index contributed by atoms with van der Waals surface area (Å²) in [6, 6.07) is 8.03. The normalized spacial score (nSPS) is 10.0. The Hall–Kier alpha value is -2.56. The average molecular weight is 244 g/mol. The second-order valence-electron chi connectivity index (χ2n) is 3.75. The van der Waals surface area contributed by atoms with E-state index in [9.17, 15) is 15.0 Å². The molecule has 2 aromatic rings. The third-order valence-corrected chi connectivity index (χ3v) is 2.41. The van der Waals surface area contributed by atoms with E-state index in [-0.39, 0.29) is 23.6 Å². The Morgan fingerprint density at radius 3 is 2.83 bits per heavy atom. The van der Waals surface area contributed by atoms with Crippen molar-refractivity contribution < 1.29 is 15.0 Å². The molecule has 0 atom stereocenters. The van der Waals surface area contributed by atoms with Gasteiger partial charge in [0, 0.05) is 12.7 Å². The molecule has 3 N–H and O–H groups in total. The van der Waals surface area contributed by atoms with Crippen LogP contribution in [0, 0.1) is 0 Å². The molecule has 0 aliphatic heterocycles. The second kappa shape index (κ2) is 5.18. The number of carbonyl (C=O) groups is 1. The predicted molar refractivity (Wildman–Crippen MR) is 65.2 cm³/mol. The number of benzene rings is 1. The molecule has 1 amide bonds. The summed E-state index contributed by atoms with van der Waals surface area (Å²) < 4.78 is 0. The van der Waals surface area contributed by atoms with Crippen molar-refractivity contribution >= 4 is 5.91 Å². The van der Waals surface area contributed by atoms with Gasteiger partial charge in [-0.15, -0.1) is 0 Å². The number of hydrogen-bond donors (Lipinski definition) is 3. The first-order valence-electron chi connectivity index (χ1n) is 5.36. The Bertz CT molecular complexity index is 570. The molecule has 1 aromatic heterocycles. The van der Waals surface area contributed by atoms with Gasteiger partial charge in [0.1, 0.15) is 11.5 Å². The number of nitrogens with zero attached hydrogens (tertiary/aromatic N) is 1. The summed E-state index contributed by atoms with van der Waals surface area (Å²) in [7, 11) is 0. The quantitative estimate of drug-likeness (QED) is 0.762. The van der Waals surface area contributed by atoms with Crippen molar-refractivity contribution in [3.8, 4) is 11.5 Å². The Kier molecular flexibility index (Phi) is 3.43. The van der Waals surface area contributed by atoms with Gasteiger partial charge in [-0.25, -0.2) is 0 Å². The zero-order chi connectivity index (χ0) is 13.0. The summed E-state index contributed by atoms with van der Waals surface area (Å²) in [5.74, 6) is -0.405. The summed E-state index contributed by atoms with van der Waals surface area (Å²) >= 11 is 0. The highest BCUT2D eigenvalue weighted by molar-refractivity contribution is 5.96. The summed E-state index contributed by atoms with van der Waals surface area (Å²) in [6.07, 6.45) is 2.65. The molecule has 0 radical (unpaired) electrons. The smallest absolute Gasteiger partial charge is 0.255 e. The predicted octanol–water partition coefficient (Wildman–Crippen LogP) is 1.42. The molecule has 0 bridgehead atoms. The molecule has 18 heavy (non-hydrogen) atoms. The number of carbonyl (C=O) groups excluding carboxylic acids is 1. The van der Waals surface area contributed by atoms with Gasteiger partial charge < -0.3 is 15.5 Å². The van der Waals surface area contributed by atoms with E-state index >= 15 is 0 Å². The molecule has 2 rings (SSSR count). The van der Waals surface area contributed by atoms with Crippen LogP contribution in [0.5, 0.6) is 11.5 Å². The van der Waals surface area contributed by atoms with Crippen molar-refractivity contribution in [2.24, 2.45) is 0 Å². The number of phenolic OH excluding ortho intramolecular Hbond substituents is 1. The maximum atomic E-state index is 11.8. The minimum absolute atomic E-state index is 0.147. The van der Waals surface area contributed by atoms with Gasteiger partial charge in [0.05, 0.1) is 11.8 Å². The molecule has 92 valence electrons. The van der Waals surface area contributed by atoms with Crippen LogP contribution in [0.4, 0.5) is 0 Å². The first-order chi connectivity index (χ1) is 8.66. The van der Waals surface area contributed by atoms with Gasteiger partial charge in [-0.1, -0.05) is 12.1 Å². The van der Waals surface area contributed by atoms with Crippen LogP contribution < -0.4 is 5.32 Å². The zero-order valence-electron chi connectivity index (χ0n) is 9.50. The highest BCUT2D eigenvalue weighted by atomic mass is 16.3. The molecule has 1 heterocycles. The number of nitrogens with one attached hydrogen (secondary N) is 1. The first kappa shape index (κ1) is 11.9. The van der Waals surface area contributed by atoms with E-state index in [1.807, 2.05) is 0 Å². The van der Waals surface area contributed by atoms with Crippen molar-refractivity contribution in [1.82, 2.24) is 10.3 Å². The number of aromatic hydroxyl groups is 2. The lowest BCUT2D eigenvalue weighted by Crippen LogP contribution is -2.22. The maximum absolute atomic E-state index is 11.8. The lowest BCUT2D eigenvalue weighted by Gasteiger charge is -2.06. The molecule has 0 spiro atoms. The largest absolute Gasteiger partial charge is 0.508 e. The van der Waals surface area contributed by atoms with E-state index in [0.717, 1.165) is 5.56 Å². The van der Waals surface area contributed by atoms with Gasteiger partial charge in [-0.05, 0) is 23.8 Å². The zero-order valence-corrected chi connectivity index (χ0v) is 9.50. The maximum Gasteiger partial charge on any atom is 0.255 e. The van der Waals surface area contributed by atoms with Crippen molar-refractivity contribution in [1.29, 1.82) is 0 Å². The van der Waals surface area contributed by atoms with E-state index in [1.54, 1.807) is 24.3 Å². The molecule has 0 fully saturated rings. The van der Waals surface area contributed by atoms with Crippen LogP contribution in [0.3, 0.4) is 0 Å². The van der Waals surface area contributed by atoms with E-state index < -0.39 is 5.91 Å². The Balaban J connectivity index is 2.03. The standard InChI is InChI=1S/C13H12N2O3/c16-10-3-1-2-9(6-10)7-15-13(18)11-4-5-14-8-12(11)17/h1-6,8,16-17H,7H2,(H,15,18). The van der Waals surface area contributed by atoms with Crippen LogP contribution in [0.2, 0.25) is 0 Å². The highest BCUT2D eigenvalue weighted by Gasteiger charge is 2.09. The SMILES string of the molecule is O=C(NCc1cccc(O)c1)c1ccncc1O. The first-order valence-corrected chi connectivity index (χ1v) is 5.36. The minimum atomic E-state index is -0.391. The second-order valence-corrected chi connectivity index (χ2v) is 3.75. The summed E-state index contributed by atoms with van der Waals surface area (Å²) in [6.45, 7) is 0.273. The lowest BCUT2D eigenvalue weighted by atomic mass is 10.2. The van der Waals surface area contributed by atoms with Crippen LogP contribution in [0.1, 0.15) is 15.9 Å². The fraction of sp³-hybridized carbons (Fsp3) is 0.0769. The van der Waals surface area contributed by atoms with E-state index in [1.165, 1.54) is 18.5 Å². The lowest BCUT2D eigenvalue weighted by molar-refractivity contribution is 0.0948.